The van der Waals surface area contributed by atoms with Gasteiger partial charge in [-0.15, -0.1) is 0 Å². The van der Waals surface area contributed by atoms with Gasteiger partial charge in [-0.25, -0.2) is 0 Å². The first-order valence-electron chi connectivity index (χ1n) is 6.08. The molecule has 1 aliphatic rings. The van der Waals surface area contributed by atoms with Gasteiger partial charge >= 0.3 is 0 Å². The van der Waals surface area contributed by atoms with Crippen LogP contribution in [0.1, 0.15) is 30.9 Å². The van der Waals surface area contributed by atoms with Crippen LogP contribution in [-0.4, -0.2) is 23.4 Å². The normalized spacial score (nSPS) is 26.1. The van der Waals surface area contributed by atoms with Crippen molar-refractivity contribution in [2.24, 2.45) is 0 Å². The molecule has 1 aliphatic heterocycles. The molecule has 2 unspecified atom stereocenters. The summed E-state index contributed by atoms with van der Waals surface area (Å²) in [4.78, 5) is 0. The number of ether oxygens (including phenoxy) is 1. The second-order valence-electron chi connectivity index (χ2n) is 5.08. The highest BCUT2D eigenvalue weighted by Crippen LogP contribution is 2.31. The fourth-order valence-electron chi connectivity index (χ4n) is 2.31. The quantitative estimate of drug-likeness (QED) is 0.898. The number of hydrogen-bond donors (Lipinski definition) is 1. The molecule has 1 fully saturated rings. The Kier molecular flexibility index (Phi) is 3.76. The van der Waals surface area contributed by atoms with E-state index in [1.54, 1.807) is 0 Å². The van der Waals surface area contributed by atoms with E-state index in [4.69, 9.17) is 16.3 Å². The molecule has 0 aliphatic carbocycles. The zero-order valence-corrected chi connectivity index (χ0v) is 11.1. The number of hydrogen-bond acceptors (Lipinski definition) is 2. The average molecular weight is 255 g/mol. The van der Waals surface area contributed by atoms with Crippen LogP contribution in [0.15, 0.2) is 18.2 Å². The molecule has 94 valence electrons. The zero-order chi connectivity index (χ0) is 12.5. The van der Waals surface area contributed by atoms with Crippen molar-refractivity contribution in [2.45, 2.75) is 44.8 Å². The Morgan fingerprint density at radius 3 is 2.88 bits per heavy atom. The van der Waals surface area contributed by atoms with E-state index in [2.05, 4.69) is 0 Å². The number of halogens is 1. The summed E-state index contributed by atoms with van der Waals surface area (Å²) in [6.07, 6.45) is 1.99. The summed E-state index contributed by atoms with van der Waals surface area (Å²) in [7, 11) is 0. The van der Waals surface area contributed by atoms with Gasteiger partial charge in [0.2, 0.25) is 0 Å². The minimum absolute atomic E-state index is 0.409. The molecular weight excluding hydrogens is 236 g/mol. The van der Waals surface area contributed by atoms with Crippen LogP contribution in [0, 0.1) is 6.92 Å². The lowest BCUT2D eigenvalue weighted by molar-refractivity contribution is -0.0768. The van der Waals surface area contributed by atoms with Gasteiger partial charge in [0.25, 0.3) is 0 Å². The van der Waals surface area contributed by atoms with Gasteiger partial charge < -0.3 is 9.84 Å². The Bertz CT molecular complexity index is 397. The maximum Gasteiger partial charge on any atom is 0.0916 e. The molecule has 1 N–H and O–H groups in total. The molecule has 2 rings (SSSR count). The summed E-state index contributed by atoms with van der Waals surface area (Å²) < 4.78 is 5.64. The third-order valence-electron chi connectivity index (χ3n) is 3.58. The van der Waals surface area contributed by atoms with Crippen molar-refractivity contribution in [2.75, 3.05) is 6.61 Å². The maximum atomic E-state index is 10.3. The van der Waals surface area contributed by atoms with Crippen LogP contribution in [0.5, 0.6) is 0 Å². The molecule has 0 saturated carbocycles. The first-order valence-corrected chi connectivity index (χ1v) is 6.46. The fourth-order valence-corrected chi connectivity index (χ4v) is 2.62. The minimum atomic E-state index is -0.495. The Hall–Kier alpha value is -0.570. The summed E-state index contributed by atoms with van der Waals surface area (Å²) in [5.41, 5.74) is 1.71. The number of aliphatic hydroxyl groups excluding tert-OH is 1. The van der Waals surface area contributed by atoms with E-state index in [9.17, 15) is 5.11 Å². The predicted octanol–water partition coefficient (Wildman–Crippen LogP) is 3.12. The molecule has 2 nitrogen and oxygen atoms in total. The molecule has 2 atom stereocenters. The lowest BCUT2D eigenvalue weighted by Crippen LogP contribution is -2.40. The van der Waals surface area contributed by atoms with E-state index in [0.29, 0.717) is 6.42 Å². The lowest BCUT2D eigenvalue weighted by Gasteiger charge is -2.29. The second-order valence-corrected chi connectivity index (χ2v) is 5.49. The monoisotopic (exact) mass is 254 g/mol. The number of aliphatic hydroxyl groups is 1. The van der Waals surface area contributed by atoms with Gasteiger partial charge in [-0.1, -0.05) is 23.7 Å². The molecule has 1 aromatic carbocycles. The van der Waals surface area contributed by atoms with E-state index in [0.717, 1.165) is 35.6 Å². The summed E-state index contributed by atoms with van der Waals surface area (Å²) in [5.74, 6) is 0. The summed E-state index contributed by atoms with van der Waals surface area (Å²) in [5, 5.41) is 11.0. The highest BCUT2D eigenvalue weighted by molar-refractivity contribution is 6.31. The van der Waals surface area contributed by atoms with E-state index in [1.165, 1.54) is 0 Å². The number of aryl methyl sites for hydroxylation is 1. The van der Waals surface area contributed by atoms with Gasteiger partial charge in [-0.05, 0) is 43.9 Å². The molecule has 17 heavy (non-hydrogen) atoms. The van der Waals surface area contributed by atoms with Crippen molar-refractivity contribution in [3.8, 4) is 0 Å². The van der Waals surface area contributed by atoms with Crippen LogP contribution >= 0.6 is 11.6 Å². The molecule has 0 aromatic heterocycles. The Morgan fingerprint density at radius 2 is 2.29 bits per heavy atom. The van der Waals surface area contributed by atoms with Crippen LogP contribution in [-0.2, 0) is 11.2 Å². The van der Waals surface area contributed by atoms with Crippen LogP contribution in [0.2, 0.25) is 5.02 Å². The molecule has 1 aromatic rings. The summed E-state index contributed by atoms with van der Waals surface area (Å²) in [6, 6.07) is 5.94. The highest BCUT2D eigenvalue weighted by Gasteiger charge is 2.37. The van der Waals surface area contributed by atoms with Crippen LogP contribution < -0.4 is 0 Å². The van der Waals surface area contributed by atoms with Crippen LogP contribution in [0.3, 0.4) is 0 Å². The van der Waals surface area contributed by atoms with E-state index >= 15 is 0 Å². The SMILES string of the molecule is Cc1ccc(CC(O)C2(C)CCCO2)c(Cl)c1. The van der Waals surface area contributed by atoms with Gasteiger partial charge in [-0.2, -0.15) is 0 Å². The van der Waals surface area contributed by atoms with Crippen molar-refractivity contribution < 1.29 is 9.84 Å². The molecule has 0 amide bonds. The van der Waals surface area contributed by atoms with Crippen LogP contribution in [0.4, 0.5) is 0 Å². The second kappa shape index (κ2) is 4.97. The number of benzene rings is 1. The Morgan fingerprint density at radius 1 is 1.53 bits per heavy atom. The first kappa shape index (κ1) is 12.9. The molecule has 0 bridgehead atoms. The minimum Gasteiger partial charge on any atom is -0.390 e. The van der Waals surface area contributed by atoms with Crippen LogP contribution in [0.25, 0.3) is 0 Å². The van der Waals surface area contributed by atoms with Crippen molar-refractivity contribution in [1.29, 1.82) is 0 Å². The van der Waals surface area contributed by atoms with Gasteiger partial charge in [-0.3, -0.25) is 0 Å². The average Bonchev–Trinajstić information content (AvgIpc) is 2.71. The van der Waals surface area contributed by atoms with Gasteiger partial charge in [0.1, 0.15) is 0 Å². The van der Waals surface area contributed by atoms with E-state index in [-0.39, 0.29) is 0 Å². The number of rotatable bonds is 3. The topological polar surface area (TPSA) is 29.5 Å². The molecule has 1 saturated heterocycles. The van der Waals surface area contributed by atoms with Gasteiger partial charge in [0.05, 0.1) is 11.7 Å². The van der Waals surface area contributed by atoms with Crippen molar-refractivity contribution in [3.63, 3.8) is 0 Å². The fraction of sp³-hybridized carbons (Fsp3) is 0.571. The third kappa shape index (κ3) is 2.82. The van der Waals surface area contributed by atoms with E-state index in [1.807, 2.05) is 32.0 Å². The van der Waals surface area contributed by atoms with Gasteiger partial charge in [0.15, 0.2) is 0 Å². The maximum absolute atomic E-state index is 10.3. The first-order chi connectivity index (χ1) is 8.01. The van der Waals surface area contributed by atoms with E-state index < -0.39 is 11.7 Å². The lowest BCUT2D eigenvalue weighted by atomic mass is 9.90. The van der Waals surface area contributed by atoms with Crippen molar-refractivity contribution in [3.05, 3.63) is 34.3 Å². The van der Waals surface area contributed by atoms with Gasteiger partial charge in [0, 0.05) is 18.1 Å². The molecule has 0 spiro atoms. The standard InChI is InChI=1S/C14H19ClO2/c1-10-4-5-11(12(15)8-10)9-13(16)14(2)6-3-7-17-14/h4-5,8,13,16H,3,6-7,9H2,1-2H3. The van der Waals surface area contributed by atoms with Crippen molar-refractivity contribution >= 4 is 11.6 Å². The summed E-state index contributed by atoms with van der Waals surface area (Å²) in [6.45, 7) is 4.73. The Balaban J connectivity index is 2.10. The predicted molar refractivity (Wildman–Crippen MR) is 69.5 cm³/mol. The molecular formula is C14H19ClO2. The summed E-state index contributed by atoms with van der Waals surface area (Å²) >= 11 is 6.17. The Labute approximate surface area is 108 Å². The smallest absolute Gasteiger partial charge is 0.0916 e. The molecule has 0 radical (unpaired) electrons. The molecule has 1 heterocycles. The van der Waals surface area contributed by atoms with Crippen molar-refractivity contribution in [1.82, 2.24) is 0 Å². The zero-order valence-electron chi connectivity index (χ0n) is 10.4. The highest BCUT2D eigenvalue weighted by atomic mass is 35.5. The third-order valence-corrected chi connectivity index (χ3v) is 3.93. The largest absolute Gasteiger partial charge is 0.390 e. The molecule has 3 heteroatoms.